The van der Waals surface area contributed by atoms with Gasteiger partial charge in [-0.2, -0.15) is 0 Å². The van der Waals surface area contributed by atoms with E-state index in [9.17, 15) is 14.9 Å². The maximum Gasteiger partial charge on any atom is 0.270 e. The third kappa shape index (κ3) is 3.52. The van der Waals surface area contributed by atoms with Crippen molar-refractivity contribution in [3.05, 3.63) is 45.0 Å². The van der Waals surface area contributed by atoms with Crippen molar-refractivity contribution >= 4 is 33.8 Å². The van der Waals surface area contributed by atoms with Crippen LogP contribution in [0.2, 0.25) is 0 Å². The van der Waals surface area contributed by atoms with E-state index in [1.807, 2.05) is 11.8 Å². The molecule has 1 N–H and O–H groups in total. The van der Waals surface area contributed by atoms with Crippen LogP contribution in [-0.2, 0) is 4.74 Å². The number of benzene rings is 1. The van der Waals surface area contributed by atoms with Crippen molar-refractivity contribution < 1.29 is 14.5 Å². The van der Waals surface area contributed by atoms with Gasteiger partial charge in [-0.3, -0.25) is 20.2 Å². The van der Waals surface area contributed by atoms with E-state index in [4.69, 9.17) is 4.74 Å². The third-order valence-electron chi connectivity index (χ3n) is 3.63. The summed E-state index contributed by atoms with van der Waals surface area (Å²) in [6, 6.07) is 4.33. The van der Waals surface area contributed by atoms with Gasteiger partial charge in [-0.25, -0.2) is 4.98 Å². The van der Waals surface area contributed by atoms with Gasteiger partial charge < -0.3 is 9.64 Å². The van der Waals surface area contributed by atoms with Gasteiger partial charge in [-0.1, -0.05) is 0 Å². The molecule has 0 spiro atoms. The standard InChI is InChI=1S/C15H16N4O4S/c1-10-9-16-15(24-10)17-14(20)12-8-11(19(21)22)2-3-13(12)18-4-6-23-7-5-18/h2-3,8-9H,4-7H2,1H3,(H,16,17,20). The predicted molar refractivity (Wildman–Crippen MR) is 90.9 cm³/mol. The molecule has 1 aliphatic heterocycles. The Morgan fingerprint density at radius 3 is 2.79 bits per heavy atom. The Bertz CT molecular complexity index is 771. The van der Waals surface area contributed by atoms with Gasteiger partial charge >= 0.3 is 0 Å². The van der Waals surface area contributed by atoms with Crippen molar-refractivity contribution in [2.75, 3.05) is 36.5 Å². The van der Waals surface area contributed by atoms with Crippen LogP contribution >= 0.6 is 11.3 Å². The van der Waals surface area contributed by atoms with Gasteiger partial charge in [0.2, 0.25) is 0 Å². The Balaban J connectivity index is 1.93. The summed E-state index contributed by atoms with van der Waals surface area (Å²) in [5.41, 5.74) is 0.807. The molecule has 8 nitrogen and oxygen atoms in total. The Kier molecular flexibility index (Phi) is 4.72. The lowest BCUT2D eigenvalue weighted by atomic mass is 10.1. The number of nitro benzene ring substituents is 1. The zero-order chi connectivity index (χ0) is 17.1. The van der Waals surface area contributed by atoms with E-state index in [0.29, 0.717) is 37.1 Å². The Morgan fingerprint density at radius 2 is 2.17 bits per heavy atom. The van der Waals surface area contributed by atoms with Crippen molar-refractivity contribution in [2.24, 2.45) is 0 Å². The van der Waals surface area contributed by atoms with Crippen LogP contribution in [0.25, 0.3) is 0 Å². The fourth-order valence-electron chi connectivity index (χ4n) is 2.48. The quantitative estimate of drug-likeness (QED) is 0.673. The van der Waals surface area contributed by atoms with Crippen molar-refractivity contribution in [3.8, 4) is 0 Å². The van der Waals surface area contributed by atoms with E-state index < -0.39 is 10.8 Å². The molecule has 1 aliphatic rings. The number of anilines is 2. The molecule has 2 aromatic rings. The second-order valence-electron chi connectivity index (χ2n) is 5.29. The highest BCUT2D eigenvalue weighted by Gasteiger charge is 2.22. The van der Waals surface area contributed by atoms with Gasteiger partial charge in [0.15, 0.2) is 5.13 Å². The lowest BCUT2D eigenvalue weighted by molar-refractivity contribution is -0.384. The highest BCUT2D eigenvalue weighted by atomic mass is 32.1. The summed E-state index contributed by atoms with van der Waals surface area (Å²) >= 11 is 1.35. The number of nitro groups is 1. The van der Waals surface area contributed by atoms with Crippen molar-refractivity contribution in [3.63, 3.8) is 0 Å². The van der Waals surface area contributed by atoms with Gasteiger partial charge in [0.25, 0.3) is 11.6 Å². The topological polar surface area (TPSA) is 97.6 Å². The number of hydrogen-bond donors (Lipinski definition) is 1. The summed E-state index contributed by atoms with van der Waals surface area (Å²) in [4.78, 5) is 30.3. The number of nitrogens with zero attached hydrogens (tertiary/aromatic N) is 3. The lowest BCUT2D eigenvalue weighted by Gasteiger charge is -2.30. The fraction of sp³-hybridized carbons (Fsp3) is 0.333. The average molecular weight is 348 g/mol. The molecule has 1 aromatic heterocycles. The molecule has 2 heterocycles. The first-order chi connectivity index (χ1) is 11.5. The molecule has 0 atom stereocenters. The highest BCUT2D eigenvalue weighted by Crippen LogP contribution is 2.28. The molecule has 1 saturated heterocycles. The molecule has 1 aromatic carbocycles. The normalized spacial score (nSPS) is 14.5. The van der Waals surface area contributed by atoms with E-state index in [1.54, 1.807) is 12.3 Å². The molecule has 0 saturated carbocycles. The Hall–Kier alpha value is -2.52. The number of nitrogens with one attached hydrogen (secondary N) is 1. The molecule has 0 bridgehead atoms. The monoisotopic (exact) mass is 348 g/mol. The maximum atomic E-state index is 12.6. The fourth-order valence-corrected chi connectivity index (χ4v) is 3.14. The number of non-ortho nitro benzene ring substituents is 1. The van der Waals surface area contributed by atoms with Crippen LogP contribution in [0.4, 0.5) is 16.5 Å². The van der Waals surface area contributed by atoms with Crippen LogP contribution in [0.3, 0.4) is 0 Å². The SMILES string of the molecule is Cc1cnc(NC(=O)c2cc([N+](=O)[O-])ccc2N2CCOCC2)s1. The van der Waals surface area contributed by atoms with E-state index in [0.717, 1.165) is 4.88 Å². The molecule has 3 rings (SSSR count). The van der Waals surface area contributed by atoms with Crippen LogP contribution in [0.5, 0.6) is 0 Å². The third-order valence-corrected chi connectivity index (χ3v) is 4.46. The zero-order valence-corrected chi connectivity index (χ0v) is 13.8. The molecular formula is C15H16N4O4S. The number of rotatable bonds is 4. The van der Waals surface area contributed by atoms with Crippen LogP contribution < -0.4 is 10.2 Å². The maximum absolute atomic E-state index is 12.6. The molecule has 0 unspecified atom stereocenters. The van der Waals surface area contributed by atoms with Gasteiger partial charge in [-0.15, -0.1) is 11.3 Å². The van der Waals surface area contributed by atoms with Crippen molar-refractivity contribution in [2.45, 2.75) is 6.92 Å². The largest absolute Gasteiger partial charge is 0.378 e. The Morgan fingerprint density at radius 1 is 1.42 bits per heavy atom. The number of morpholine rings is 1. The van der Waals surface area contributed by atoms with Gasteiger partial charge in [0, 0.05) is 36.3 Å². The molecular weight excluding hydrogens is 332 g/mol. The first-order valence-corrected chi connectivity index (χ1v) is 8.21. The summed E-state index contributed by atoms with van der Waals surface area (Å²) < 4.78 is 5.32. The number of aromatic nitrogens is 1. The van der Waals surface area contributed by atoms with Gasteiger partial charge in [-0.05, 0) is 13.0 Å². The number of amides is 1. The number of carbonyl (C=O) groups excluding carboxylic acids is 1. The van der Waals surface area contributed by atoms with E-state index in [1.165, 1.54) is 23.5 Å². The smallest absolute Gasteiger partial charge is 0.270 e. The zero-order valence-electron chi connectivity index (χ0n) is 13.0. The number of thiazole rings is 1. The Labute approximate surface area is 142 Å². The second kappa shape index (κ2) is 6.93. The van der Waals surface area contributed by atoms with Gasteiger partial charge in [0.05, 0.1) is 29.4 Å². The minimum absolute atomic E-state index is 0.118. The summed E-state index contributed by atoms with van der Waals surface area (Å²) in [6.07, 6.45) is 1.66. The van der Waals surface area contributed by atoms with Crippen LogP contribution in [-0.4, -0.2) is 42.1 Å². The van der Waals surface area contributed by atoms with E-state index in [-0.39, 0.29) is 11.3 Å². The second-order valence-corrected chi connectivity index (χ2v) is 6.52. The predicted octanol–water partition coefficient (Wildman–Crippen LogP) is 2.45. The first-order valence-electron chi connectivity index (χ1n) is 7.39. The number of aryl methyl sites for hydroxylation is 1. The van der Waals surface area contributed by atoms with Crippen LogP contribution in [0, 0.1) is 17.0 Å². The van der Waals surface area contributed by atoms with Gasteiger partial charge in [0.1, 0.15) is 0 Å². The molecule has 126 valence electrons. The van der Waals surface area contributed by atoms with Crippen LogP contribution in [0.1, 0.15) is 15.2 Å². The first kappa shape index (κ1) is 16.3. The minimum Gasteiger partial charge on any atom is -0.378 e. The molecule has 24 heavy (non-hydrogen) atoms. The van der Waals surface area contributed by atoms with E-state index in [2.05, 4.69) is 10.3 Å². The number of carbonyl (C=O) groups is 1. The van der Waals surface area contributed by atoms with Crippen LogP contribution in [0.15, 0.2) is 24.4 Å². The molecule has 1 amide bonds. The molecule has 9 heteroatoms. The lowest BCUT2D eigenvalue weighted by Crippen LogP contribution is -2.37. The van der Waals surface area contributed by atoms with Crippen molar-refractivity contribution in [1.29, 1.82) is 0 Å². The molecule has 0 aliphatic carbocycles. The summed E-state index contributed by atoms with van der Waals surface area (Å²) in [5, 5.41) is 14.2. The summed E-state index contributed by atoms with van der Waals surface area (Å²) in [5.74, 6) is -0.408. The molecule has 1 fully saturated rings. The highest BCUT2D eigenvalue weighted by molar-refractivity contribution is 7.15. The summed E-state index contributed by atoms with van der Waals surface area (Å²) in [6.45, 7) is 4.27. The number of hydrogen-bond acceptors (Lipinski definition) is 7. The molecule has 0 radical (unpaired) electrons. The minimum atomic E-state index is -0.507. The number of ether oxygens (including phenoxy) is 1. The van der Waals surface area contributed by atoms with Crippen molar-refractivity contribution in [1.82, 2.24) is 4.98 Å². The average Bonchev–Trinajstić information content (AvgIpc) is 3.00. The summed E-state index contributed by atoms with van der Waals surface area (Å²) in [7, 11) is 0. The van der Waals surface area contributed by atoms with E-state index >= 15 is 0 Å².